The van der Waals surface area contributed by atoms with E-state index in [9.17, 15) is 9.59 Å². The number of aryl methyl sites for hydroxylation is 1. The molecule has 0 spiro atoms. The number of anilines is 1. The van der Waals surface area contributed by atoms with Crippen molar-refractivity contribution in [1.29, 1.82) is 0 Å². The molecule has 1 N–H and O–H groups in total. The monoisotopic (exact) mass is 391 g/mol. The average molecular weight is 392 g/mol. The van der Waals surface area contributed by atoms with E-state index in [0.717, 1.165) is 16.8 Å². The summed E-state index contributed by atoms with van der Waals surface area (Å²) in [6.07, 6.45) is 0. The van der Waals surface area contributed by atoms with Crippen LogP contribution < -0.4 is 10.1 Å². The Morgan fingerprint density at radius 2 is 1.61 bits per heavy atom. The van der Waals surface area contributed by atoms with E-state index in [1.54, 1.807) is 36.4 Å². The lowest BCUT2D eigenvalue weighted by Crippen LogP contribution is -2.40. The minimum absolute atomic E-state index is 0.258. The molecule has 3 aromatic rings. The Bertz CT molecular complexity index is 1030. The van der Waals surface area contributed by atoms with Gasteiger partial charge in [-0.2, -0.15) is 0 Å². The molecule has 0 radical (unpaired) electrons. The second kappa shape index (κ2) is 7.49. The number of para-hydroxylation sites is 1. The van der Waals surface area contributed by atoms with Crippen LogP contribution in [0.5, 0.6) is 5.75 Å². The van der Waals surface area contributed by atoms with Crippen LogP contribution >= 0.6 is 11.6 Å². The molecule has 4 nitrogen and oxygen atoms in total. The molecular weight excluding hydrogens is 374 g/mol. The van der Waals surface area contributed by atoms with Gasteiger partial charge in [0.05, 0.1) is 11.6 Å². The van der Waals surface area contributed by atoms with Gasteiger partial charge in [0.15, 0.2) is 5.78 Å². The molecule has 3 aromatic carbocycles. The fourth-order valence-electron chi connectivity index (χ4n) is 3.35. The van der Waals surface area contributed by atoms with E-state index < -0.39 is 17.9 Å². The minimum atomic E-state index is -1.00. The number of ether oxygens (including phenoxy) is 1. The highest BCUT2D eigenvalue weighted by molar-refractivity contribution is 6.30. The van der Waals surface area contributed by atoms with Crippen LogP contribution in [0.1, 0.15) is 27.5 Å². The van der Waals surface area contributed by atoms with Gasteiger partial charge in [-0.1, -0.05) is 53.6 Å². The third kappa shape index (κ3) is 3.51. The van der Waals surface area contributed by atoms with Crippen molar-refractivity contribution in [2.75, 3.05) is 5.32 Å². The fraction of sp³-hybridized carbons (Fsp3) is 0.130. The van der Waals surface area contributed by atoms with Gasteiger partial charge in [-0.25, -0.2) is 0 Å². The van der Waals surface area contributed by atoms with Crippen molar-refractivity contribution in [2.24, 2.45) is 5.92 Å². The summed E-state index contributed by atoms with van der Waals surface area (Å²) in [4.78, 5) is 26.0. The number of fused-ring (bicyclic) bond motifs is 1. The van der Waals surface area contributed by atoms with Gasteiger partial charge in [0.25, 0.3) is 0 Å². The number of carbonyl (C=O) groups excluding carboxylic acids is 2. The van der Waals surface area contributed by atoms with E-state index in [2.05, 4.69) is 5.32 Å². The molecule has 0 aromatic heterocycles. The van der Waals surface area contributed by atoms with Gasteiger partial charge in [-0.05, 0) is 48.9 Å². The third-order valence-electron chi connectivity index (χ3n) is 4.84. The number of halogens is 1. The highest BCUT2D eigenvalue weighted by Crippen LogP contribution is 2.36. The van der Waals surface area contributed by atoms with Crippen molar-refractivity contribution >= 4 is 29.0 Å². The lowest BCUT2D eigenvalue weighted by atomic mass is 9.84. The SMILES string of the molecule is Cc1ccc(NC(c2ccc(Cl)cc2)C2C(=O)Oc3ccccc3C2=O)cc1. The lowest BCUT2D eigenvalue weighted by Gasteiger charge is -2.30. The first-order valence-electron chi connectivity index (χ1n) is 8.96. The lowest BCUT2D eigenvalue weighted by molar-refractivity contribution is -0.138. The molecule has 0 saturated carbocycles. The van der Waals surface area contributed by atoms with Crippen LogP contribution in [0.15, 0.2) is 72.8 Å². The summed E-state index contributed by atoms with van der Waals surface area (Å²) in [7, 11) is 0. The Kier molecular flexibility index (Phi) is 4.88. The Hall–Kier alpha value is -3.11. The summed E-state index contributed by atoms with van der Waals surface area (Å²) >= 11 is 6.03. The standard InChI is InChI=1S/C23H18ClNO3/c1-14-6-12-17(13-7-14)25-21(15-8-10-16(24)11-9-15)20-22(26)18-4-2-3-5-19(18)28-23(20)27/h2-13,20-21,25H,1H3. The molecule has 4 rings (SSSR count). The van der Waals surface area contributed by atoms with E-state index in [-0.39, 0.29) is 5.78 Å². The average Bonchev–Trinajstić information content (AvgIpc) is 2.69. The molecule has 28 heavy (non-hydrogen) atoms. The van der Waals surface area contributed by atoms with Gasteiger partial charge in [0, 0.05) is 10.7 Å². The quantitative estimate of drug-likeness (QED) is 0.376. The molecule has 0 amide bonds. The number of carbonyl (C=O) groups is 2. The molecule has 0 bridgehead atoms. The zero-order chi connectivity index (χ0) is 19.7. The molecule has 0 fully saturated rings. The van der Waals surface area contributed by atoms with Crippen molar-refractivity contribution < 1.29 is 14.3 Å². The number of benzene rings is 3. The summed E-state index contributed by atoms with van der Waals surface area (Å²) in [5.41, 5.74) is 3.12. The number of rotatable bonds is 4. The van der Waals surface area contributed by atoms with E-state index in [4.69, 9.17) is 16.3 Å². The zero-order valence-electron chi connectivity index (χ0n) is 15.2. The maximum absolute atomic E-state index is 13.2. The van der Waals surface area contributed by atoms with E-state index in [0.29, 0.717) is 16.3 Å². The Morgan fingerprint density at radius 3 is 2.32 bits per heavy atom. The zero-order valence-corrected chi connectivity index (χ0v) is 15.9. The number of hydrogen-bond acceptors (Lipinski definition) is 4. The second-order valence-electron chi connectivity index (χ2n) is 6.80. The van der Waals surface area contributed by atoms with Gasteiger partial charge in [0.2, 0.25) is 0 Å². The second-order valence-corrected chi connectivity index (χ2v) is 7.24. The predicted molar refractivity (Wildman–Crippen MR) is 109 cm³/mol. The maximum Gasteiger partial charge on any atom is 0.324 e. The summed E-state index contributed by atoms with van der Waals surface area (Å²) in [6, 6.07) is 21.1. The Balaban J connectivity index is 1.76. The number of nitrogens with one attached hydrogen (secondary N) is 1. The van der Waals surface area contributed by atoms with Crippen LogP contribution in [0.2, 0.25) is 5.02 Å². The maximum atomic E-state index is 13.2. The normalized spacial score (nSPS) is 16.9. The highest BCUT2D eigenvalue weighted by Gasteiger charge is 2.42. The predicted octanol–water partition coefficient (Wildman–Crippen LogP) is 5.22. The molecular formula is C23H18ClNO3. The van der Waals surface area contributed by atoms with E-state index >= 15 is 0 Å². The molecule has 140 valence electrons. The first kappa shape index (κ1) is 18.3. The number of hydrogen-bond donors (Lipinski definition) is 1. The molecule has 2 atom stereocenters. The highest BCUT2D eigenvalue weighted by atomic mass is 35.5. The summed E-state index contributed by atoms with van der Waals surface area (Å²) in [5, 5.41) is 3.92. The van der Waals surface area contributed by atoms with Crippen LogP contribution in [0.3, 0.4) is 0 Å². The van der Waals surface area contributed by atoms with Crippen molar-refractivity contribution in [1.82, 2.24) is 0 Å². The minimum Gasteiger partial charge on any atom is -0.425 e. The topological polar surface area (TPSA) is 55.4 Å². The third-order valence-corrected chi connectivity index (χ3v) is 5.09. The van der Waals surface area contributed by atoms with Gasteiger partial charge in [0.1, 0.15) is 11.7 Å². The van der Waals surface area contributed by atoms with Gasteiger partial charge >= 0.3 is 5.97 Å². The summed E-state index contributed by atoms with van der Waals surface area (Å²) in [6.45, 7) is 2.00. The summed E-state index contributed by atoms with van der Waals surface area (Å²) in [5.74, 6) is -1.52. The van der Waals surface area contributed by atoms with Crippen molar-refractivity contribution in [3.8, 4) is 5.75 Å². The van der Waals surface area contributed by atoms with Crippen LogP contribution in [0.4, 0.5) is 5.69 Å². The summed E-state index contributed by atoms with van der Waals surface area (Å²) < 4.78 is 5.47. The molecule has 0 aliphatic carbocycles. The van der Waals surface area contributed by atoms with Gasteiger partial charge in [-0.15, -0.1) is 0 Å². The van der Waals surface area contributed by atoms with Crippen molar-refractivity contribution in [3.63, 3.8) is 0 Å². The molecule has 1 heterocycles. The molecule has 5 heteroatoms. The fourth-order valence-corrected chi connectivity index (χ4v) is 3.48. The number of ketones is 1. The first-order valence-corrected chi connectivity index (χ1v) is 9.34. The van der Waals surface area contributed by atoms with Crippen LogP contribution in [0.25, 0.3) is 0 Å². The van der Waals surface area contributed by atoms with Crippen LogP contribution in [0, 0.1) is 12.8 Å². The van der Waals surface area contributed by atoms with E-state index in [1.807, 2.05) is 43.3 Å². The van der Waals surface area contributed by atoms with Crippen molar-refractivity contribution in [2.45, 2.75) is 13.0 Å². The van der Waals surface area contributed by atoms with E-state index in [1.165, 1.54) is 0 Å². The molecule has 0 saturated heterocycles. The molecule has 1 aliphatic heterocycles. The smallest absolute Gasteiger partial charge is 0.324 e. The molecule has 2 unspecified atom stereocenters. The number of esters is 1. The Labute approximate surface area is 168 Å². The Morgan fingerprint density at radius 1 is 0.929 bits per heavy atom. The number of Topliss-reactive ketones (excluding diaryl/α,β-unsaturated/α-hetero) is 1. The largest absolute Gasteiger partial charge is 0.425 e. The van der Waals surface area contributed by atoms with Crippen LogP contribution in [-0.4, -0.2) is 11.8 Å². The van der Waals surface area contributed by atoms with Crippen LogP contribution in [-0.2, 0) is 4.79 Å². The van der Waals surface area contributed by atoms with Crippen molar-refractivity contribution in [3.05, 3.63) is 94.5 Å². The molecule has 1 aliphatic rings. The van der Waals surface area contributed by atoms with Gasteiger partial charge in [-0.3, -0.25) is 9.59 Å². The van der Waals surface area contributed by atoms with Gasteiger partial charge < -0.3 is 10.1 Å². The first-order chi connectivity index (χ1) is 13.5.